The molecule has 4 rings (SSSR count). The summed E-state index contributed by atoms with van der Waals surface area (Å²) in [5, 5.41) is 7.75. The van der Waals surface area contributed by atoms with E-state index in [2.05, 4.69) is 22.8 Å². The molecule has 27 heavy (non-hydrogen) atoms. The van der Waals surface area contributed by atoms with Gasteiger partial charge < -0.3 is 20.3 Å². The number of benzene rings is 1. The zero-order valence-corrected chi connectivity index (χ0v) is 16.6. The van der Waals surface area contributed by atoms with E-state index in [-0.39, 0.29) is 11.9 Å². The lowest BCUT2D eigenvalue weighted by molar-refractivity contribution is -0.128. The van der Waals surface area contributed by atoms with Crippen molar-refractivity contribution in [3.63, 3.8) is 0 Å². The predicted octanol–water partition coefficient (Wildman–Crippen LogP) is 2.28. The van der Waals surface area contributed by atoms with Gasteiger partial charge in [0.15, 0.2) is 0 Å². The van der Waals surface area contributed by atoms with Gasteiger partial charge in [-0.3, -0.25) is 4.79 Å². The van der Waals surface area contributed by atoms with Gasteiger partial charge in [-0.1, -0.05) is 29.8 Å². The fourth-order valence-electron chi connectivity index (χ4n) is 4.03. The Morgan fingerprint density at radius 3 is 2.96 bits per heavy atom. The van der Waals surface area contributed by atoms with E-state index >= 15 is 0 Å². The van der Waals surface area contributed by atoms with Gasteiger partial charge in [0.25, 0.3) is 5.91 Å². The molecule has 2 bridgehead atoms. The Hall–Kier alpha value is -1.40. The first-order valence-corrected chi connectivity index (χ1v) is 10.3. The van der Waals surface area contributed by atoms with Gasteiger partial charge in [-0.05, 0) is 42.9 Å². The van der Waals surface area contributed by atoms with Crippen molar-refractivity contribution in [1.82, 2.24) is 15.5 Å². The molecule has 1 aliphatic carbocycles. The van der Waals surface area contributed by atoms with Gasteiger partial charge in [-0.2, -0.15) is 0 Å². The maximum absolute atomic E-state index is 13.4. The molecule has 2 heterocycles. The highest BCUT2D eigenvalue weighted by molar-refractivity contribution is 6.31. The van der Waals surface area contributed by atoms with Crippen molar-refractivity contribution in [2.75, 3.05) is 26.8 Å². The van der Waals surface area contributed by atoms with Gasteiger partial charge in [0, 0.05) is 49.4 Å². The zero-order valence-electron chi connectivity index (χ0n) is 15.8. The molecule has 1 aromatic carbocycles. The Bertz CT molecular complexity index is 732. The van der Waals surface area contributed by atoms with Crippen molar-refractivity contribution < 1.29 is 9.53 Å². The molecule has 2 N–H and O–H groups in total. The van der Waals surface area contributed by atoms with Crippen molar-refractivity contribution in [2.24, 2.45) is 0 Å². The van der Waals surface area contributed by atoms with Crippen LogP contribution in [0.1, 0.15) is 30.4 Å². The van der Waals surface area contributed by atoms with Crippen LogP contribution in [-0.2, 0) is 22.5 Å². The number of halogens is 1. The van der Waals surface area contributed by atoms with E-state index in [4.69, 9.17) is 16.3 Å². The second kappa shape index (κ2) is 8.31. The highest BCUT2D eigenvalue weighted by atomic mass is 35.5. The van der Waals surface area contributed by atoms with Crippen LogP contribution in [0.4, 0.5) is 0 Å². The monoisotopic (exact) mass is 389 g/mol. The normalized spacial score (nSPS) is 24.4. The fourth-order valence-corrected chi connectivity index (χ4v) is 4.21. The van der Waals surface area contributed by atoms with Crippen LogP contribution in [-0.4, -0.2) is 55.7 Å². The third-order valence-corrected chi connectivity index (χ3v) is 6.08. The van der Waals surface area contributed by atoms with Gasteiger partial charge in [0.1, 0.15) is 0 Å². The average molecular weight is 390 g/mol. The van der Waals surface area contributed by atoms with Crippen LogP contribution in [0.2, 0.25) is 5.02 Å². The smallest absolute Gasteiger partial charge is 0.251 e. The SMILES string of the molecule is COCCc1ccc(Cl)c(CN(C(=O)C2=CCC3CNCC2N3)C2CC2)c1. The topological polar surface area (TPSA) is 53.6 Å². The molecule has 1 aromatic rings. The Balaban J connectivity index is 1.52. The molecule has 0 aromatic heterocycles. The van der Waals surface area contributed by atoms with E-state index in [9.17, 15) is 4.79 Å². The molecule has 1 saturated heterocycles. The third-order valence-electron chi connectivity index (χ3n) is 5.71. The van der Waals surface area contributed by atoms with E-state index in [1.54, 1.807) is 7.11 Å². The standard InChI is InChI=1S/C21H28ClN3O2/c1-27-9-8-14-2-7-19(22)15(10-14)13-25(17-4-5-17)21(26)18-6-3-16-11-23-12-20(18)24-16/h2,6-7,10,16-17,20,23-24H,3-5,8-9,11-13H2,1H3. The molecule has 2 atom stereocenters. The maximum atomic E-state index is 13.4. The largest absolute Gasteiger partial charge is 0.384 e. The summed E-state index contributed by atoms with van der Waals surface area (Å²) in [7, 11) is 1.71. The van der Waals surface area contributed by atoms with Crippen molar-refractivity contribution in [3.05, 3.63) is 46.0 Å². The number of hydrogen-bond donors (Lipinski definition) is 2. The van der Waals surface area contributed by atoms with Crippen LogP contribution in [0.15, 0.2) is 29.8 Å². The number of carbonyl (C=O) groups excluding carboxylic acids is 1. The summed E-state index contributed by atoms with van der Waals surface area (Å²) in [4.78, 5) is 15.4. The molecule has 146 valence electrons. The first kappa shape index (κ1) is 18.9. The number of nitrogens with zero attached hydrogens (tertiary/aromatic N) is 1. The predicted molar refractivity (Wildman–Crippen MR) is 107 cm³/mol. The Morgan fingerprint density at radius 1 is 1.33 bits per heavy atom. The Labute approximate surface area is 166 Å². The summed E-state index contributed by atoms with van der Waals surface area (Å²) < 4.78 is 5.18. The van der Waals surface area contributed by atoms with Crippen LogP contribution in [0, 0.1) is 0 Å². The minimum Gasteiger partial charge on any atom is -0.384 e. The van der Waals surface area contributed by atoms with Crippen molar-refractivity contribution in [2.45, 2.75) is 50.4 Å². The minimum absolute atomic E-state index is 0.120. The summed E-state index contributed by atoms with van der Waals surface area (Å²) in [6.45, 7) is 3.05. The van der Waals surface area contributed by atoms with Gasteiger partial charge in [0.05, 0.1) is 12.6 Å². The molecule has 5 nitrogen and oxygen atoms in total. The van der Waals surface area contributed by atoms with Crippen LogP contribution in [0.5, 0.6) is 0 Å². The number of ether oxygens (including phenoxy) is 1. The maximum Gasteiger partial charge on any atom is 0.251 e. The summed E-state index contributed by atoms with van der Waals surface area (Å²) >= 11 is 6.47. The molecule has 2 aliphatic heterocycles. The lowest BCUT2D eigenvalue weighted by atomic mass is 9.93. The van der Waals surface area contributed by atoms with Gasteiger partial charge in [-0.15, -0.1) is 0 Å². The summed E-state index contributed by atoms with van der Waals surface area (Å²) in [6, 6.07) is 7.00. The lowest BCUT2D eigenvalue weighted by Crippen LogP contribution is -2.59. The molecule has 1 saturated carbocycles. The molecule has 0 spiro atoms. The van der Waals surface area contributed by atoms with E-state index in [1.165, 1.54) is 5.56 Å². The van der Waals surface area contributed by atoms with E-state index in [1.807, 2.05) is 17.0 Å². The Morgan fingerprint density at radius 2 is 2.19 bits per heavy atom. The van der Waals surface area contributed by atoms with Crippen molar-refractivity contribution in [3.8, 4) is 0 Å². The highest BCUT2D eigenvalue weighted by Crippen LogP contribution is 2.32. The van der Waals surface area contributed by atoms with Gasteiger partial charge >= 0.3 is 0 Å². The van der Waals surface area contributed by atoms with Gasteiger partial charge in [0.2, 0.25) is 0 Å². The van der Waals surface area contributed by atoms with Crippen LogP contribution >= 0.6 is 11.6 Å². The number of piperazine rings is 1. The molecule has 6 heteroatoms. The number of fused-ring (bicyclic) bond motifs is 2. The first-order valence-electron chi connectivity index (χ1n) is 9.89. The molecule has 2 fully saturated rings. The third kappa shape index (κ3) is 4.37. The van der Waals surface area contributed by atoms with Crippen molar-refractivity contribution >= 4 is 17.5 Å². The number of nitrogens with one attached hydrogen (secondary N) is 2. The van der Waals surface area contributed by atoms with Crippen molar-refractivity contribution in [1.29, 1.82) is 0 Å². The molecule has 0 radical (unpaired) electrons. The fraction of sp³-hybridized carbons (Fsp3) is 0.571. The molecule has 2 unspecified atom stereocenters. The Kier molecular flexibility index (Phi) is 5.83. The number of hydrogen-bond acceptors (Lipinski definition) is 4. The second-order valence-corrected chi connectivity index (χ2v) is 8.21. The van der Waals surface area contributed by atoms with Crippen LogP contribution in [0.25, 0.3) is 0 Å². The number of carbonyl (C=O) groups is 1. The van der Waals surface area contributed by atoms with Gasteiger partial charge in [-0.25, -0.2) is 0 Å². The summed E-state index contributed by atoms with van der Waals surface area (Å²) in [5.74, 6) is 0.163. The molecular formula is C21H28ClN3O2. The zero-order chi connectivity index (χ0) is 18.8. The van der Waals surface area contributed by atoms with Crippen LogP contribution < -0.4 is 10.6 Å². The lowest BCUT2D eigenvalue weighted by Gasteiger charge is -2.38. The first-order chi connectivity index (χ1) is 13.2. The number of rotatable bonds is 7. The summed E-state index contributed by atoms with van der Waals surface area (Å²) in [5.41, 5.74) is 3.13. The summed E-state index contributed by atoms with van der Waals surface area (Å²) in [6.07, 6.45) is 6.08. The molecule has 3 aliphatic rings. The van der Waals surface area contributed by atoms with Crippen LogP contribution in [0.3, 0.4) is 0 Å². The van der Waals surface area contributed by atoms with E-state index < -0.39 is 0 Å². The molecular weight excluding hydrogens is 362 g/mol. The van der Waals surface area contributed by atoms with E-state index in [0.717, 1.165) is 54.9 Å². The number of amides is 1. The average Bonchev–Trinajstić information content (AvgIpc) is 3.51. The second-order valence-electron chi connectivity index (χ2n) is 7.80. The quantitative estimate of drug-likeness (QED) is 0.751. The minimum atomic E-state index is 0.120. The van der Waals surface area contributed by atoms with E-state index in [0.29, 0.717) is 25.2 Å². The number of methoxy groups -OCH3 is 1. The highest BCUT2D eigenvalue weighted by Gasteiger charge is 2.38. The molecule has 1 amide bonds.